The van der Waals surface area contributed by atoms with Gasteiger partial charge in [0.1, 0.15) is 0 Å². The number of methoxy groups -OCH3 is 3. The highest BCUT2D eigenvalue weighted by Gasteiger charge is 2.38. The fourth-order valence-electron chi connectivity index (χ4n) is 4.86. The molecule has 1 aromatic carbocycles. The van der Waals surface area contributed by atoms with Gasteiger partial charge in [0.2, 0.25) is 11.7 Å². The van der Waals surface area contributed by atoms with Crippen molar-refractivity contribution in [3.05, 3.63) is 23.8 Å². The van der Waals surface area contributed by atoms with Gasteiger partial charge in [-0.05, 0) is 62.5 Å². The van der Waals surface area contributed by atoms with E-state index in [1.165, 1.54) is 51.4 Å². The predicted molar refractivity (Wildman–Crippen MR) is 119 cm³/mol. The summed E-state index contributed by atoms with van der Waals surface area (Å²) in [5.41, 5.74) is 0.956. The number of benzene rings is 1. The van der Waals surface area contributed by atoms with E-state index in [1.807, 2.05) is 12.1 Å². The second kappa shape index (κ2) is 10.7. The molecular weight excluding hydrogens is 380 g/mol. The molecule has 0 atom stereocenters. The van der Waals surface area contributed by atoms with E-state index in [1.54, 1.807) is 33.5 Å². The summed E-state index contributed by atoms with van der Waals surface area (Å²) in [5.74, 6) is 1.62. The van der Waals surface area contributed by atoms with Crippen LogP contribution >= 0.6 is 0 Å². The molecule has 0 aromatic heterocycles. The lowest BCUT2D eigenvalue weighted by Crippen LogP contribution is -2.58. The van der Waals surface area contributed by atoms with E-state index in [2.05, 4.69) is 10.2 Å². The third-order valence-electron chi connectivity index (χ3n) is 6.52. The van der Waals surface area contributed by atoms with Crippen LogP contribution in [0.25, 0.3) is 6.08 Å². The van der Waals surface area contributed by atoms with Gasteiger partial charge in [0.25, 0.3) is 0 Å². The molecule has 0 radical (unpaired) electrons. The average Bonchev–Trinajstić information content (AvgIpc) is 2.81. The van der Waals surface area contributed by atoms with Gasteiger partial charge in [-0.25, -0.2) is 0 Å². The minimum atomic E-state index is -0.0642. The molecular formula is C24H36N2O4. The number of amides is 1. The van der Waals surface area contributed by atoms with Crippen LogP contribution in [0.2, 0.25) is 0 Å². The SMILES string of the molecule is COc1cc(C=CC(=O)NCC2(N3CCCCC3)CCCCC2)cc(OC)c1OC. The summed E-state index contributed by atoms with van der Waals surface area (Å²) in [4.78, 5) is 15.3. The van der Waals surface area contributed by atoms with Crippen LogP contribution < -0.4 is 19.5 Å². The number of carbonyl (C=O) groups is 1. The van der Waals surface area contributed by atoms with Crippen molar-refractivity contribution < 1.29 is 19.0 Å². The number of likely N-dealkylation sites (tertiary alicyclic amines) is 1. The molecule has 30 heavy (non-hydrogen) atoms. The maximum Gasteiger partial charge on any atom is 0.244 e. The van der Waals surface area contributed by atoms with Crippen molar-refractivity contribution in [2.24, 2.45) is 0 Å². The van der Waals surface area contributed by atoms with Crippen molar-refractivity contribution in [3.63, 3.8) is 0 Å². The minimum absolute atomic E-state index is 0.0642. The summed E-state index contributed by atoms with van der Waals surface area (Å²) in [7, 11) is 4.75. The van der Waals surface area contributed by atoms with E-state index >= 15 is 0 Å². The van der Waals surface area contributed by atoms with Crippen LogP contribution in [0.1, 0.15) is 56.9 Å². The molecule has 1 saturated carbocycles. The summed E-state index contributed by atoms with van der Waals surface area (Å²) in [6.45, 7) is 3.06. The smallest absolute Gasteiger partial charge is 0.244 e. The molecule has 0 bridgehead atoms. The van der Waals surface area contributed by atoms with Crippen molar-refractivity contribution in [2.45, 2.75) is 56.9 Å². The van der Waals surface area contributed by atoms with Gasteiger partial charge in [-0.3, -0.25) is 9.69 Å². The number of nitrogens with one attached hydrogen (secondary N) is 1. The highest BCUT2D eigenvalue weighted by Crippen LogP contribution is 2.38. The van der Waals surface area contributed by atoms with Crippen LogP contribution in [0.5, 0.6) is 17.2 Å². The van der Waals surface area contributed by atoms with Gasteiger partial charge in [0, 0.05) is 18.2 Å². The van der Waals surface area contributed by atoms with Gasteiger partial charge in [-0.15, -0.1) is 0 Å². The van der Waals surface area contributed by atoms with Crippen molar-refractivity contribution in [1.29, 1.82) is 0 Å². The lowest BCUT2D eigenvalue weighted by atomic mass is 9.79. The zero-order chi connectivity index (χ0) is 21.4. The second-order valence-corrected chi connectivity index (χ2v) is 8.34. The molecule has 1 amide bonds. The number of carbonyl (C=O) groups excluding carboxylic acids is 1. The van der Waals surface area contributed by atoms with E-state index in [9.17, 15) is 4.79 Å². The molecule has 2 fully saturated rings. The van der Waals surface area contributed by atoms with Crippen molar-refractivity contribution in [3.8, 4) is 17.2 Å². The molecule has 1 aliphatic carbocycles. The summed E-state index contributed by atoms with van der Waals surface area (Å²) in [6.07, 6.45) is 13.4. The first-order valence-electron chi connectivity index (χ1n) is 11.1. The summed E-state index contributed by atoms with van der Waals surface area (Å²) in [5, 5.41) is 3.19. The quantitative estimate of drug-likeness (QED) is 0.649. The third-order valence-corrected chi connectivity index (χ3v) is 6.52. The molecule has 0 spiro atoms. The summed E-state index contributed by atoms with van der Waals surface area (Å²) < 4.78 is 16.1. The van der Waals surface area contributed by atoms with Crippen LogP contribution in [0.15, 0.2) is 18.2 Å². The van der Waals surface area contributed by atoms with Crippen molar-refractivity contribution in [2.75, 3.05) is 41.0 Å². The molecule has 1 saturated heterocycles. The normalized spacial score (nSPS) is 19.4. The van der Waals surface area contributed by atoms with E-state index in [-0.39, 0.29) is 11.4 Å². The van der Waals surface area contributed by atoms with Crippen molar-refractivity contribution in [1.82, 2.24) is 10.2 Å². The van der Waals surface area contributed by atoms with Crippen molar-refractivity contribution >= 4 is 12.0 Å². The van der Waals surface area contributed by atoms with Gasteiger partial charge in [-0.2, -0.15) is 0 Å². The van der Waals surface area contributed by atoms with Crippen LogP contribution in [0, 0.1) is 0 Å². The standard InChI is InChI=1S/C24H36N2O4/c1-28-20-16-19(17-21(29-2)23(20)30-3)10-11-22(27)25-18-24(12-6-4-7-13-24)26-14-8-5-9-15-26/h10-11,16-17H,4-9,12-15,18H2,1-3H3,(H,25,27). The summed E-state index contributed by atoms with van der Waals surface area (Å²) >= 11 is 0. The molecule has 1 heterocycles. The molecule has 6 heteroatoms. The number of ether oxygens (including phenoxy) is 3. The van der Waals surface area contributed by atoms with Crippen LogP contribution in [-0.2, 0) is 4.79 Å². The first-order valence-corrected chi connectivity index (χ1v) is 11.1. The van der Waals surface area contributed by atoms with E-state index in [0.29, 0.717) is 17.2 Å². The molecule has 1 aromatic rings. The number of rotatable bonds is 8. The van der Waals surface area contributed by atoms with Gasteiger partial charge in [0.05, 0.1) is 21.3 Å². The maximum atomic E-state index is 12.6. The molecule has 1 N–H and O–H groups in total. The van der Waals surface area contributed by atoms with Crippen LogP contribution in [0.3, 0.4) is 0 Å². The Bertz CT molecular complexity index is 710. The van der Waals surface area contributed by atoms with E-state index in [0.717, 1.165) is 25.2 Å². The Labute approximate surface area is 180 Å². The summed E-state index contributed by atoms with van der Waals surface area (Å²) in [6, 6.07) is 3.67. The molecule has 6 nitrogen and oxygen atoms in total. The molecule has 3 rings (SSSR count). The molecule has 1 aliphatic heterocycles. The number of piperidine rings is 1. The predicted octanol–water partition coefficient (Wildman–Crippen LogP) is 4.03. The Hall–Kier alpha value is -2.21. The van der Waals surface area contributed by atoms with Gasteiger partial charge >= 0.3 is 0 Å². The zero-order valence-corrected chi connectivity index (χ0v) is 18.7. The fraction of sp³-hybridized carbons (Fsp3) is 0.625. The Morgan fingerprint density at radius 1 is 0.967 bits per heavy atom. The minimum Gasteiger partial charge on any atom is -0.493 e. The third kappa shape index (κ3) is 5.28. The number of nitrogens with zero attached hydrogens (tertiary/aromatic N) is 1. The van der Waals surface area contributed by atoms with Gasteiger partial charge in [-0.1, -0.05) is 25.7 Å². The van der Waals surface area contributed by atoms with Gasteiger partial charge < -0.3 is 19.5 Å². The number of hydrogen-bond acceptors (Lipinski definition) is 5. The van der Waals surface area contributed by atoms with Gasteiger partial charge in [0.15, 0.2) is 11.5 Å². The second-order valence-electron chi connectivity index (χ2n) is 8.34. The highest BCUT2D eigenvalue weighted by atomic mass is 16.5. The Kier molecular flexibility index (Phi) is 8.02. The number of hydrogen-bond donors (Lipinski definition) is 1. The van der Waals surface area contributed by atoms with Crippen LogP contribution in [-0.4, -0.2) is 57.3 Å². The largest absolute Gasteiger partial charge is 0.493 e. The lowest BCUT2D eigenvalue weighted by Gasteiger charge is -2.48. The topological polar surface area (TPSA) is 60.0 Å². The molecule has 2 aliphatic rings. The average molecular weight is 417 g/mol. The monoisotopic (exact) mass is 416 g/mol. The Balaban J connectivity index is 1.66. The lowest BCUT2D eigenvalue weighted by molar-refractivity contribution is -0.117. The fourth-order valence-corrected chi connectivity index (χ4v) is 4.86. The highest BCUT2D eigenvalue weighted by molar-refractivity contribution is 5.92. The molecule has 0 unspecified atom stereocenters. The molecule has 166 valence electrons. The van der Waals surface area contributed by atoms with E-state index in [4.69, 9.17) is 14.2 Å². The first-order chi connectivity index (χ1) is 14.6. The maximum absolute atomic E-state index is 12.6. The zero-order valence-electron chi connectivity index (χ0n) is 18.7. The van der Waals surface area contributed by atoms with Crippen LogP contribution in [0.4, 0.5) is 0 Å². The Morgan fingerprint density at radius 2 is 1.57 bits per heavy atom. The first kappa shape index (κ1) is 22.5. The Morgan fingerprint density at radius 3 is 2.13 bits per heavy atom. The van der Waals surface area contributed by atoms with E-state index < -0.39 is 0 Å².